The molecule has 2 aliphatic rings. The number of carbonyl (C=O) groups is 1. The molecule has 2 heterocycles. The molecule has 0 aromatic rings. The van der Waals surface area contributed by atoms with Crippen molar-refractivity contribution < 1.29 is 17.9 Å². The van der Waals surface area contributed by atoms with Gasteiger partial charge in [0.2, 0.25) is 0 Å². The Kier molecular flexibility index (Phi) is 3.70. The summed E-state index contributed by atoms with van der Waals surface area (Å²) in [4.78, 5) is 13.2. The topological polar surface area (TPSA) is 75.7 Å². The summed E-state index contributed by atoms with van der Waals surface area (Å²) in [5.74, 6) is 0.166. The van der Waals surface area contributed by atoms with E-state index in [1.54, 1.807) is 0 Å². The molecule has 2 saturated heterocycles. The van der Waals surface area contributed by atoms with Gasteiger partial charge in [-0.2, -0.15) is 0 Å². The molecule has 17 heavy (non-hydrogen) atoms. The average Bonchev–Trinajstić information content (AvgIpc) is 2.60. The van der Waals surface area contributed by atoms with Crippen molar-refractivity contribution in [3.05, 3.63) is 0 Å². The number of nitrogens with zero attached hydrogens (tertiary/aromatic N) is 1. The van der Waals surface area contributed by atoms with E-state index in [0.29, 0.717) is 13.0 Å². The first-order chi connectivity index (χ1) is 8.02. The summed E-state index contributed by atoms with van der Waals surface area (Å²) >= 11 is 0. The largest absolute Gasteiger partial charge is 0.469 e. The lowest BCUT2D eigenvalue weighted by atomic mass is 10.1. The van der Waals surface area contributed by atoms with Crippen LogP contribution in [-0.4, -0.2) is 69.6 Å². The number of hydrogen-bond acceptors (Lipinski definition) is 6. The summed E-state index contributed by atoms with van der Waals surface area (Å²) in [6.45, 7) is 2.14. The van der Waals surface area contributed by atoms with E-state index in [1.165, 1.54) is 7.11 Å². The number of hydrogen-bond donors (Lipinski definition) is 1. The van der Waals surface area contributed by atoms with Crippen LogP contribution >= 0.6 is 0 Å². The smallest absolute Gasteiger partial charge is 0.306 e. The summed E-state index contributed by atoms with van der Waals surface area (Å²) in [5, 5.41) is 3.23. The summed E-state index contributed by atoms with van der Waals surface area (Å²) in [7, 11) is -1.56. The van der Waals surface area contributed by atoms with Crippen LogP contribution in [0.5, 0.6) is 0 Å². The number of nitrogens with one attached hydrogen (secondary N) is 1. The highest BCUT2D eigenvalue weighted by Crippen LogP contribution is 2.21. The van der Waals surface area contributed by atoms with Crippen molar-refractivity contribution in [3.8, 4) is 0 Å². The van der Waals surface area contributed by atoms with Crippen LogP contribution in [0.3, 0.4) is 0 Å². The lowest BCUT2D eigenvalue weighted by Gasteiger charge is -2.37. The van der Waals surface area contributed by atoms with Crippen molar-refractivity contribution in [2.24, 2.45) is 0 Å². The number of sulfone groups is 1. The Morgan fingerprint density at radius 2 is 2.24 bits per heavy atom. The van der Waals surface area contributed by atoms with Crippen molar-refractivity contribution in [2.45, 2.75) is 18.5 Å². The number of methoxy groups -OCH3 is 1. The maximum atomic E-state index is 11.6. The second-order valence-corrected chi connectivity index (χ2v) is 6.72. The molecule has 0 spiro atoms. The van der Waals surface area contributed by atoms with Gasteiger partial charge in [-0.1, -0.05) is 0 Å². The van der Waals surface area contributed by atoms with Crippen LogP contribution in [0.15, 0.2) is 0 Å². The SMILES string of the molecule is COC(=O)CCN1CCNC2CS(=O)(=O)CC21. The molecule has 0 saturated carbocycles. The van der Waals surface area contributed by atoms with Crippen LogP contribution in [-0.2, 0) is 19.4 Å². The third kappa shape index (κ3) is 2.97. The molecular formula is C10H18N2O4S. The van der Waals surface area contributed by atoms with Crippen LogP contribution in [0.4, 0.5) is 0 Å². The van der Waals surface area contributed by atoms with E-state index in [4.69, 9.17) is 0 Å². The van der Waals surface area contributed by atoms with Gasteiger partial charge >= 0.3 is 5.97 Å². The molecule has 2 aliphatic heterocycles. The van der Waals surface area contributed by atoms with Crippen LogP contribution in [0.1, 0.15) is 6.42 Å². The zero-order valence-electron chi connectivity index (χ0n) is 9.89. The normalized spacial score (nSPS) is 32.1. The van der Waals surface area contributed by atoms with Gasteiger partial charge in [0.15, 0.2) is 9.84 Å². The Labute approximate surface area is 101 Å². The molecule has 2 atom stereocenters. The lowest BCUT2D eigenvalue weighted by Crippen LogP contribution is -2.57. The summed E-state index contributed by atoms with van der Waals surface area (Å²) < 4.78 is 27.8. The quantitative estimate of drug-likeness (QED) is 0.632. The lowest BCUT2D eigenvalue weighted by molar-refractivity contribution is -0.141. The molecule has 2 rings (SSSR count). The van der Waals surface area contributed by atoms with Crippen LogP contribution in [0, 0.1) is 0 Å². The molecule has 6 nitrogen and oxygen atoms in total. The van der Waals surface area contributed by atoms with Gasteiger partial charge in [0.05, 0.1) is 25.0 Å². The Morgan fingerprint density at radius 1 is 1.47 bits per heavy atom. The molecule has 0 aliphatic carbocycles. The Morgan fingerprint density at radius 3 is 2.94 bits per heavy atom. The molecule has 0 aromatic heterocycles. The highest BCUT2D eigenvalue weighted by molar-refractivity contribution is 7.91. The number of piperazine rings is 1. The molecular weight excluding hydrogens is 244 g/mol. The third-order valence-corrected chi connectivity index (χ3v) is 5.14. The van der Waals surface area contributed by atoms with E-state index < -0.39 is 9.84 Å². The number of fused-ring (bicyclic) bond motifs is 1. The van der Waals surface area contributed by atoms with Crippen molar-refractivity contribution in [3.63, 3.8) is 0 Å². The molecule has 98 valence electrons. The van der Waals surface area contributed by atoms with E-state index in [0.717, 1.165) is 13.1 Å². The molecule has 0 aromatic carbocycles. The molecule has 0 radical (unpaired) electrons. The minimum atomic E-state index is -2.93. The maximum absolute atomic E-state index is 11.6. The van der Waals surface area contributed by atoms with E-state index in [2.05, 4.69) is 15.0 Å². The zero-order chi connectivity index (χ0) is 12.5. The predicted octanol–water partition coefficient (Wildman–Crippen LogP) is -1.38. The standard InChI is InChI=1S/C10H18N2O4S/c1-16-10(13)2-4-12-5-3-11-8-6-17(14,15)7-9(8)12/h8-9,11H,2-7H2,1H3. The Balaban J connectivity index is 1.96. The molecule has 2 fully saturated rings. The van der Waals surface area contributed by atoms with Crippen LogP contribution in [0.25, 0.3) is 0 Å². The average molecular weight is 262 g/mol. The monoisotopic (exact) mass is 262 g/mol. The van der Waals surface area contributed by atoms with Gasteiger partial charge in [-0.25, -0.2) is 8.42 Å². The summed E-state index contributed by atoms with van der Waals surface area (Å²) in [5.41, 5.74) is 0. The highest BCUT2D eigenvalue weighted by Gasteiger charge is 2.42. The number of rotatable bonds is 3. The number of carbonyl (C=O) groups excluding carboxylic acids is 1. The van der Waals surface area contributed by atoms with Gasteiger partial charge in [0.1, 0.15) is 0 Å². The van der Waals surface area contributed by atoms with Gasteiger partial charge in [0, 0.05) is 31.7 Å². The molecule has 2 unspecified atom stereocenters. The highest BCUT2D eigenvalue weighted by atomic mass is 32.2. The van der Waals surface area contributed by atoms with Crippen molar-refractivity contribution in [1.82, 2.24) is 10.2 Å². The number of esters is 1. The Bertz CT molecular complexity index is 395. The fourth-order valence-electron chi connectivity index (χ4n) is 2.56. The second-order valence-electron chi connectivity index (χ2n) is 4.57. The van der Waals surface area contributed by atoms with Crippen LogP contribution in [0.2, 0.25) is 0 Å². The first-order valence-electron chi connectivity index (χ1n) is 5.76. The fourth-order valence-corrected chi connectivity index (χ4v) is 4.54. The summed E-state index contributed by atoms with van der Waals surface area (Å²) in [6, 6.07) is 0.0322. The second kappa shape index (κ2) is 4.91. The van der Waals surface area contributed by atoms with Crippen molar-refractivity contribution in [1.29, 1.82) is 0 Å². The summed E-state index contributed by atoms with van der Waals surface area (Å²) in [6.07, 6.45) is 0.319. The molecule has 7 heteroatoms. The third-order valence-electron chi connectivity index (χ3n) is 3.43. The van der Waals surface area contributed by atoms with Gasteiger partial charge in [-0.3, -0.25) is 9.69 Å². The molecule has 0 bridgehead atoms. The molecule has 1 N–H and O–H groups in total. The predicted molar refractivity (Wildman–Crippen MR) is 62.4 cm³/mol. The molecule has 0 amide bonds. The maximum Gasteiger partial charge on any atom is 0.306 e. The van der Waals surface area contributed by atoms with Gasteiger partial charge in [-0.15, -0.1) is 0 Å². The fraction of sp³-hybridized carbons (Fsp3) is 0.900. The van der Waals surface area contributed by atoms with Gasteiger partial charge in [-0.05, 0) is 0 Å². The van der Waals surface area contributed by atoms with Gasteiger partial charge < -0.3 is 10.1 Å². The van der Waals surface area contributed by atoms with Gasteiger partial charge in [0.25, 0.3) is 0 Å². The number of ether oxygens (including phenoxy) is 1. The van der Waals surface area contributed by atoms with E-state index >= 15 is 0 Å². The minimum Gasteiger partial charge on any atom is -0.469 e. The van der Waals surface area contributed by atoms with E-state index in [9.17, 15) is 13.2 Å². The van der Waals surface area contributed by atoms with E-state index in [1.807, 2.05) is 0 Å². The van der Waals surface area contributed by atoms with Crippen LogP contribution < -0.4 is 5.32 Å². The first kappa shape index (κ1) is 12.8. The Hall–Kier alpha value is -0.660. The zero-order valence-corrected chi connectivity index (χ0v) is 10.7. The minimum absolute atomic E-state index is 0.0124. The first-order valence-corrected chi connectivity index (χ1v) is 7.58. The van der Waals surface area contributed by atoms with Crippen molar-refractivity contribution >= 4 is 15.8 Å². The van der Waals surface area contributed by atoms with E-state index in [-0.39, 0.29) is 29.6 Å². The van der Waals surface area contributed by atoms with Crippen molar-refractivity contribution in [2.75, 3.05) is 38.2 Å².